The van der Waals surface area contributed by atoms with Gasteiger partial charge in [-0.2, -0.15) is 0 Å². The first-order chi connectivity index (χ1) is 16.4. The third-order valence-corrected chi connectivity index (χ3v) is 7.27. The first-order valence-electron chi connectivity index (χ1n) is 11.7. The predicted octanol–water partition coefficient (Wildman–Crippen LogP) is 3.48. The van der Waals surface area contributed by atoms with E-state index in [-0.39, 0.29) is 23.4 Å². The van der Waals surface area contributed by atoms with Gasteiger partial charge in [0.25, 0.3) is 0 Å². The third-order valence-electron chi connectivity index (χ3n) is 7.27. The maximum atomic E-state index is 14.1. The molecule has 6 rings (SSSR count). The zero-order chi connectivity index (χ0) is 23.5. The number of hydrogen-bond donors (Lipinski definition) is 1. The van der Waals surface area contributed by atoms with Crippen LogP contribution in [0, 0.1) is 5.82 Å². The molecule has 2 aliphatic heterocycles. The van der Waals surface area contributed by atoms with E-state index < -0.39 is 18.1 Å². The lowest BCUT2D eigenvalue weighted by Gasteiger charge is -2.40. The van der Waals surface area contributed by atoms with Crippen molar-refractivity contribution in [3.8, 4) is 0 Å². The van der Waals surface area contributed by atoms with Crippen LogP contribution < -0.4 is 5.73 Å². The summed E-state index contributed by atoms with van der Waals surface area (Å²) in [5.41, 5.74) is 8.82. The van der Waals surface area contributed by atoms with Gasteiger partial charge in [-0.15, -0.1) is 0 Å². The molecule has 34 heavy (non-hydrogen) atoms. The monoisotopic (exact) mass is 465 g/mol. The van der Waals surface area contributed by atoms with Crippen molar-refractivity contribution in [3.63, 3.8) is 0 Å². The van der Waals surface area contributed by atoms with Crippen LogP contribution in [0.2, 0.25) is 0 Å². The minimum Gasteiger partial charge on any atom is -0.345 e. The molecule has 3 fully saturated rings. The van der Waals surface area contributed by atoms with E-state index >= 15 is 0 Å². The van der Waals surface area contributed by atoms with Gasteiger partial charge in [0.1, 0.15) is 36.0 Å². The molecule has 1 aliphatic carbocycles. The number of nitrogens with two attached hydrogens (primary N) is 1. The third kappa shape index (κ3) is 3.38. The fraction of sp³-hybridized carbons (Fsp3) is 0.480. The lowest BCUT2D eigenvalue weighted by atomic mass is 9.66. The summed E-state index contributed by atoms with van der Waals surface area (Å²) in [5.74, 6) is -1.06. The number of rotatable bonds is 5. The van der Waals surface area contributed by atoms with E-state index in [0.717, 1.165) is 30.5 Å². The Labute approximate surface area is 196 Å². The summed E-state index contributed by atoms with van der Waals surface area (Å²) in [6, 6.07) is 6.62. The van der Waals surface area contributed by atoms with Crippen LogP contribution in [0.4, 0.5) is 4.39 Å². The molecule has 0 amide bonds. The van der Waals surface area contributed by atoms with E-state index in [0.29, 0.717) is 17.8 Å². The quantitative estimate of drug-likeness (QED) is 0.616. The van der Waals surface area contributed by atoms with Crippen molar-refractivity contribution in [2.75, 3.05) is 6.54 Å². The number of ether oxygens (including phenoxy) is 3. The van der Waals surface area contributed by atoms with Crippen molar-refractivity contribution >= 4 is 17.2 Å². The molecule has 3 aromatic rings. The predicted molar refractivity (Wildman–Crippen MR) is 123 cm³/mol. The number of nitrogens with zero attached hydrogens (tertiary/aromatic N) is 4. The highest BCUT2D eigenvalue weighted by Crippen LogP contribution is 2.46. The van der Waals surface area contributed by atoms with Crippen LogP contribution in [0.25, 0.3) is 17.2 Å². The zero-order valence-electron chi connectivity index (χ0n) is 19.2. The molecule has 1 saturated carbocycles. The molecular formula is C25H28FN5O3. The van der Waals surface area contributed by atoms with Crippen LogP contribution in [-0.2, 0) is 19.6 Å². The van der Waals surface area contributed by atoms with Gasteiger partial charge in [0, 0.05) is 17.5 Å². The lowest BCUT2D eigenvalue weighted by molar-refractivity contribution is -0.191. The second-order valence-electron chi connectivity index (χ2n) is 9.82. The summed E-state index contributed by atoms with van der Waals surface area (Å²) in [6.45, 7) is 4.30. The van der Waals surface area contributed by atoms with Crippen molar-refractivity contribution in [3.05, 3.63) is 60.1 Å². The average molecular weight is 466 g/mol. The minimum atomic E-state index is -0.770. The summed E-state index contributed by atoms with van der Waals surface area (Å²) in [4.78, 5) is 13.8. The van der Waals surface area contributed by atoms with E-state index in [1.54, 1.807) is 36.9 Å². The Hall–Kier alpha value is -2.72. The summed E-state index contributed by atoms with van der Waals surface area (Å²) < 4.78 is 34.9. The molecule has 9 heteroatoms. The highest BCUT2D eigenvalue weighted by atomic mass is 19.1. The number of aromatic nitrogens is 4. The molecule has 3 aliphatic rings. The molecule has 8 nitrogen and oxygen atoms in total. The maximum Gasteiger partial charge on any atom is 0.166 e. The SMILES string of the molecule is CC1(C)O[C@@H]2[C@H](O1)[C@@H](C=Cc1ccccc1F)O[C@H]2n1cnc2c(C3(CN)CCC3)ncnc21. The van der Waals surface area contributed by atoms with Crippen LogP contribution in [0.1, 0.15) is 50.6 Å². The molecule has 2 aromatic heterocycles. The lowest BCUT2D eigenvalue weighted by Crippen LogP contribution is -2.42. The fourth-order valence-corrected chi connectivity index (χ4v) is 5.36. The molecule has 1 aromatic carbocycles. The summed E-state index contributed by atoms with van der Waals surface area (Å²) in [7, 11) is 0. The first kappa shape index (κ1) is 21.8. The van der Waals surface area contributed by atoms with Gasteiger partial charge < -0.3 is 19.9 Å². The van der Waals surface area contributed by atoms with Crippen molar-refractivity contribution in [2.24, 2.45) is 5.73 Å². The Kier molecular flexibility index (Phi) is 5.07. The van der Waals surface area contributed by atoms with Gasteiger partial charge in [0.15, 0.2) is 17.7 Å². The number of hydrogen-bond acceptors (Lipinski definition) is 7. The number of imidazole rings is 1. The molecule has 4 atom stereocenters. The standard InChI is InChI=1S/C25H28FN5O3/c1-24(2)33-19-17(9-8-15-6-3-4-7-16(15)26)32-23(20(19)34-24)31-14-30-18-21(28-13-29-22(18)31)25(12-27)10-5-11-25/h3-4,6-9,13-14,17,19-20,23H,5,10-12,27H2,1-2H3/t17-,19-,20-,23-/m1/s1. The Morgan fingerprint density at radius 2 is 1.94 bits per heavy atom. The van der Waals surface area contributed by atoms with Crippen LogP contribution in [-0.4, -0.2) is 50.2 Å². The normalized spacial score (nSPS) is 29.5. The summed E-state index contributed by atoms with van der Waals surface area (Å²) in [6.07, 6.45) is 8.31. The summed E-state index contributed by atoms with van der Waals surface area (Å²) in [5, 5.41) is 0. The van der Waals surface area contributed by atoms with Gasteiger partial charge in [0.2, 0.25) is 0 Å². The molecule has 0 radical (unpaired) electrons. The van der Waals surface area contributed by atoms with Crippen molar-refractivity contribution in [2.45, 2.75) is 68.9 Å². The molecule has 178 valence electrons. The fourth-order valence-electron chi connectivity index (χ4n) is 5.36. The Morgan fingerprint density at radius 3 is 2.68 bits per heavy atom. The number of fused-ring (bicyclic) bond motifs is 2. The van der Waals surface area contributed by atoms with Gasteiger partial charge in [-0.3, -0.25) is 4.57 Å². The molecule has 0 bridgehead atoms. The van der Waals surface area contributed by atoms with E-state index in [4.69, 9.17) is 19.9 Å². The summed E-state index contributed by atoms with van der Waals surface area (Å²) >= 11 is 0. The zero-order valence-corrected chi connectivity index (χ0v) is 19.2. The molecule has 4 heterocycles. The van der Waals surface area contributed by atoms with Crippen LogP contribution in [0.15, 0.2) is 43.0 Å². The second-order valence-corrected chi connectivity index (χ2v) is 9.82. The van der Waals surface area contributed by atoms with Gasteiger partial charge in [0.05, 0.1) is 12.0 Å². The maximum absolute atomic E-state index is 14.1. The Bertz CT molecular complexity index is 1250. The molecule has 0 unspecified atom stereocenters. The van der Waals surface area contributed by atoms with E-state index in [1.807, 2.05) is 24.5 Å². The molecule has 0 spiro atoms. The molecule has 2 N–H and O–H groups in total. The van der Waals surface area contributed by atoms with E-state index in [2.05, 4.69) is 15.0 Å². The van der Waals surface area contributed by atoms with Gasteiger partial charge in [-0.1, -0.05) is 36.8 Å². The van der Waals surface area contributed by atoms with Crippen LogP contribution in [0.5, 0.6) is 0 Å². The largest absolute Gasteiger partial charge is 0.345 e. The Morgan fingerprint density at radius 1 is 1.15 bits per heavy atom. The van der Waals surface area contributed by atoms with Crippen molar-refractivity contribution in [1.29, 1.82) is 0 Å². The Balaban J connectivity index is 1.36. The number of benzene rings is 1. The smallest absolute Gasteiger partial charge is 0.166 e. The second kappa shape index (κ2) is 7.91. The van der Waals surface area contributed by atoms with Gasteiger partial charge in [-0.25, -0.2) is 19.3 Å². The highest BCUT2D eigenvalue weighted by Gasteiger charge is 2.55. The average Bonchev–Trinajstić information content (AvgIpc) is 3.44. The first-order valence-corrected chi connectivity index (χ1v) is 11.7. The van der Waals surface area contributed by atoms with E-state index in [1.165, 1.54) is 6.07 Å². The van der Waals surface area contributed by atoms with Crippen molar-refractivity contribution in [1.82, 2.24) is 19.5 Å². The van der Waals surface area contributed by atoms with Crippen LogP contribution >= 0.6 is 0 Å². The number of halogens is 1. The van der Waals surface area contributed by atoms with Gasteiger partial charge in [-0.05, 0) is 32.8 Å². The van der Waals surface area contributed by atoms with Gasteiger partial charge >= 0.3 is 0 Å². The topological polar surface area (TPSA) is 97.3 Å². The van der Waals surface area contributed by atoms with Crippen molar-refractivity contribution < 1.29 is 18.6 Å². The highest BCUT2D eigenvalue weighted by molar-refractivity contribution is 5.75. The van der Waals surface area contributed by atoms with Crippen LogP contribution in [0.3, 0.4) is 0 Å². The molecular weight excluding hydrogens is 437 g/mol. The molecule has 2 saturated heterocycles. The van der Waals surface area contributed by atoms with E-state index in [9.17, 15) is 4.39 Å². The minimum absolute atomic E-state index is 0.139.